The van der Waals surface area contributed by atoms with Crippen LogP contribution in [0.25, 0.3) is 0 Å². The quantitative estimate of drug-likeness (QED) is 0.459. The molecular weight excluding hydrogens is 358 g/mol. The van der Waals surface area contributed by atoms with Gasteiger partial charge in [0.15, 0.2) is 5.96 Å². The van der Waals surface area contributed by atoms with Gasteiger partial charge in [0.05, 0.1) is 27.8 Å². The molecule has 2 aromatic rings. The summed E-state index contributed by atoms with van der Waals surface area (Å²) in [5.41, 5.74) is 1.49. The Morgan fingerprint density at radius 1 is 1.32 bits per heavy atom. The first kappa shape index (κ1) is 19.2. The van der Waals surface area contributed by atoms with E-state index in [0.29, 0.717) is 30.2 Å². The summed E-state index contributed by atoms with van der Waals surface area (Å²) >= 11 is 7.65. The lowest BCUT2D eigenvalue weighted by Crippen LogP contribution is -2.42. The van der Waals surface area contributed by atoms with E-state index in [0.717, 1.165) is 16.7 Å². The molecule has 25 heavy (non-hydrogen) atoms. The zero-order valence-corrected chi connectivity index (χ0v) is 16.1. The molecule has 1 aromatic heterocycles. The Morgan fingerprint density at radius 2 is 2.04 bits per heavy atom. The second kappa shape index (κ2) is 9.39. The molecule has 0 saturated carbocycles. The number of benzene rings is 1. The normalized spacial score (nSPS) is 11.3. The number of halogens is 1. The molecule has 0 bridgehead atoms. The maximum absolute atomic E-state index is 12.1. The fourth-order valence-corrected chi connectivity index (χ4v) is 3.10. The third-order valence-electron chi connectivity index (χ3n) is 3.45. The van der Waals surface area contributed by atoms with Crippen LogP contribution in [-0.4, -0.2) is 48.9 Å². The highest BCUT2D eigenvalue weighted by atomic mass is 35.5. The van der Waals surface area contributed by atoms with Crippen molar-refractivity contribution in [2.75, 3.05) is 27.2 Å². The molecule has 0 saturated heterocycles. The van der Waals surface area contributed by atoms with Crippen molar-refractivity contribution in [2.24, 2.45) is 4.99 Å². The number of guanidine groups is 1. The van der Waals surface area contributed by atoms with E-state index in [9.17, 15) is 4.79 Å². The molecule has 0 fully saturated rings. The molecule has 8 heteroatoms. The molecule has 0 unspecified atom stereocenters. The number of nitrogens with zero attached hydrogens (tertiary/aromatic N) is 3. The van der Waals surface area contributed by atoms with Crippen molar-refractivity contribution in [1.82, 2.24) is 20.5 Å². The average Bonchev–Trinajstić information content (AvgIpc) is 2.99. The van der Waals surface area contributed by atoms with Crippen LogP contribution in [0.1, 0.15) is 21.1 Å². The summed E-state index contributed by atoms with van der Waals surface area (Å²) in [5.74, 6) is 0.561. The summed E-state index contributed by atoms with van der Waals surface area (Å²) in [7, 11) is 3.68. The zero-order valence-electron chi connectivity index (χ0n) is 14.5. The van der Waals surface area contributed by atoms with Gasteiger partial charge in [-0.15, -0.1) is 11.3 Å². The van der Waals surface area contributed by atoms with E-state index in [2.05, 4.69) is 20.6 Å². The smallest absolute Gasteiger partial charge is 0.252 e. The van der Waals surface area contributed by atoms with Crippen molar-refractivity contribution in [1.29, 1.82) is 0 Å². The molecule has 1 amide bonds. The first-order chi connectivity index (χ1) is 12.0. The highest BCUT2D eigenvalue weighted by Gasteiger charge is 2.10. The van der Waals surface area contributed by atoms with Crippen LogP contribution in [-0.2, 0) is 6.54 Å². The fraction of sp³-hybridized carbons (Fsp3) is 0.353. The summed E-state index contributed by atoms with van der Waals surface area (Å²) in [5, 5.41) is 9.60. The van der Waals surface area contributed by atoms with Crippen molar-refractivity contribution in [3.63, 3.8) is 0 Å². The molecule has 1 heterocycles. The topological polar surface area (TPSA) is 69.6 Å². The number of carbonyl (C=O) groups excluding carboxylic acids is 1. The van der Waals surface area contributed by atoms with E-state index in [4.69, 9.17) is 11.6 Å². The predicted octanol–water partition coefficient (Wildman–Crippen LogP) is 2.54. The Morgan fingerprint density at radius 3 is 2.68 bits per heavy atom. The first-order valence-electron chi connectivity index (χ1n) is 7.86. The van der Waals surface area contributed by atoms with Gasteiger partial charge in [-0.05, 0) is 19.1 Å². The van der Waals surface area contributed by atoms with Gasteiger partial charge in [-0.25, -0.2) is 4.98 Å². The Labute approximate surface area is 156 Å². The fourth-order valence-electron chi connectivity index (χ4n) is 2.27. The Balaban J connectivity index is 1.77. The minimum atomic E-state index is -0.186. The lowest BCUT2D eigenvalue weighted by atomic mass is 10.2. The lowest BCUT2D eigenvalue weighted by molar-refractivity contribution is 0.0954. The number of rotatable bonds is 6. The lowest BCUT2D eigenvalue weighted by Gasteiger charge is -2.21. The number of aryl methyl sites for hydroxylation is 1. The van der Waals surface area contributed by atoms with Gasteiger partial charge in [-0.3, -0.25) is 9.79 Å². The molecule has 0 spiro atoms. The number of aromatic nitrogens is 1. The predicted molar refractivity (Wildman–Crippen MR) is 103 cm³/mol. The maximum Gasteiger partial charge on any atom is 0.252 e. The highest BCUT2D eigenvalue weighted by Crippen LogP contribution is 2.14. The minimum absolute atomic E-state index is 0.186. The monoisotopic (exact) mass is 379 g/mol. The maximum atomic E-state index is 12.1. The van der Waals surface area contributed by atoms with E-state index in [-0.39, 0.29) is 5.91 Å². The number of amides is 1. The molecule has 2 N–H and O–H groups in total. The Kier molecular flexibility index (Phi) is 7.21. The van der Waals surface area contributed by atoms with Crippen molar-refractivity contribution in [3.05, 3.63) is 50.9 Å². The van der Waals surface area contributed by atoms with Crippen LogP contribution in [0.5, 0.6) is 0 Å². The number of hydrogen-bond donors (Lipinski definition) is 2. The third-order valence-corrected chi connectivity index (χ3v) is 4.60. The van der Waals surface area contributed by atoms with Gasteiger partial charge in [0.25, 0.3) is 5.91 Å². The van der Waals surface area contributed by atoms with Gasteiger partial charge in [0.1, 0.15) is 0 Å². The van der Waals surface area contributed by atoms with Gasteiger partial charge >= 0.3 is 0 Å². The standard InChI is InChI=1S/C17H22ClN5OS/c1-12-22-13(11-25-12)10-23(3)17(19-2)21-9-8-20-16(24)14-6-4-5-7-15(14)18/h4-7,11H,8-10H2,1-3H3,(H,19,21)(H,20,24). The summed E-state index contributed by atoms with van der Waals surface area (Å²) < 4.78 is 0. The number of aliphatic imine (C=N–C) groups is 1. The highest BCUT2D eigenvalue weighted by molar-refractivity contribution is 7.09. The summed E-state index contributed by atoms with van der Waals surface area (Å²) in [6, 6.07) is 6.99. The molecule has 0 aliphatic heterocycles. The Hall–Kier alpha value is -2.12. The van der Waals surface area contributed by atoms with Gasteiger partial charge in [0, 0.05) is 32.6 Å². The van der Waals surface area contributed by atoms with Gasteiger partial charge in [0.2, 0.25) is 0 Å². The van der Waals surface area contributed by atoms with Crippen LogP contribution in [0.3, 0.4) is 0 Å². The molecule has 0 aliphatic rings. The molecule has 0 radical (unpaired) electrons. The minimum Gasteiger partial charge on any atom is -0.354 e. The van der Waals surface area contributed by atoms with E-state index in [1.807, 2.05) is 24.3 Å². The van der Waals surface area contributed by atoms with Crippen LogP contribution in [0, 0.1) is 6.92 Å². The number of nitrogens with one attached hydrogen (secondary N) is 2. The molecule has 134 valence electrons. The average molecular weight is 380 g/mol. The van der Waals surface area contributed by atoms with Crippen molar-refractivity contribution in [2.45, 2.75) is 13.5 Å². The van der Waals surface area contributed by atoms with Crippen LogP contribution in [0.2, 0.25) is 5.02 Å². The van der Waals surface area contributed by atoms with E-state index in [1.165, 1.54) is 0 Å². The van der Waals surface area contributed by atoms with E-state index < -0.39 is 0 Å². The van der Waals surface area contributed by atoms with Gasteiger partial charge in [-0.1, -0.05) is 23.7 Å². The van der Waals surface area contributed by atoms with Crippen LogP contribution in [0.4, 0.5) is 0 Å². The molecule has 6 nitrogen and oxygen atoms in total. The third kappa shape index (κ3) is 5.72. The zero-order chi connectivity index (χ0) is 18.2. The van der Waals surface area contributed by atoms with Gasteiger partial charge < -0.3 is 15.5 Å². The number of thiazole rings is 1. The number of hydrogen-bond acceptors (Lipinski definition) is 4. The molecule has 0 aliphatic carbocycles. The first-order valence-corrected chi connectivity index (χ1v) is 9.12. The van der Waals surface area contributed by atoms with Crippen molar-refractivity contribution >= 4 is 34.8 Å². The van der Waals surface area contributed by atoms with Crippen LogP contribution >= 0.6 is 22.9 Å². The van der Waals surface area contributed by atoms with Gasteiger partial charge in [-0.2, -0.15) is 0 Å². The summed E-state index contributed by atoms with van der Waals surface area (Å²) in [4.78, 5) is 22.8. The summed E-state index contributed by atoms with van der Waals surface area (Å²) in [6.45, 7) is 3.69. The van der Waals surface area contributed by atoms with Crippen LogP contribution in [0.15, 0.2) is 34.6 Å². The van der Waals surface area contributed by atoms with E-state index >= 15 is 0 Å². The molecule has 1 aromatic carbocycles. The molecular formula is C17H22ClN5OS. The number of carbonyl (C=O) groups is 1. The Bertz CT molecular complexity index is 746. The largest absolute Gasteiger partial charge is 0.354 e. The molecule has 0 atom stereocenters. The second-order valence-corrected chi connectivity index (χ2v) is 6.89. The van der Waals surface area contributed by atoms with Crippen LogP contribution < -0.4 is 10.6 Å². The SMILES string of the molecule is CN=C(NCCNC(=O)c1ccccc1Cl)N(C)Cc1csc(C)n1. The molecule has 2 rings (SSSR count). The summed E-state index contributed by atoms with van der Waals surface area (Å²) in [6.07, 6.45) is 0. The van der Waals surface area contributed by atoms with E-state index in [1.54, 1.807) is 42.6 Å². The van der Waals surface area contributed by atoms with Crippen molar-refractivity contribution in [3.8, 4) is 0 Å². The second-order valence-electron chi connectivity index (χ2n) is 5.42. The van der Waals surface area contributed by atoms with Crippen molar-refractivity contribution < 1.29 is 4.79 Å².